The van der Waals surface area contributed by atoms with Crippen LogP contribution in [-0.4, -0.2) is 20.2 Å². The molecule has 86 valence electrons. The lowest BCUT2D eigenvalue weighted by Gasteiger charge is -1.95. The van der Waals surface area contributed by atoms with Crippen LogP contribution in [0.2, 0.25) is 0 Å². The Labute approximate surface area is 99.7 Å². The molecule has 5 nitrogen and oxygen atoms in total. The zero-order valence-corrected chi connectivity index (χ0v) is 9.45. The largest absolute Gasteiger partial charge is 0.204 e. The van der Waals surface area contributed by atoms with E-state index in [9.17, 15) is 0 Å². The van der Waals surface area contributed by atoms with Crippen LogP contribution in [0.3, 0.4) is 0 Å². The van der Waals surface area contributed by atoms with Gasteiger partial charge in [-0.15, -0.1) is 10.2 Å². The summed E-state index contributed by atoms with van der Waals surface area (Å²) in [5.74, 6) is 0.644. The first-order valence-electron chi connectivity index (χ1n) is 5.60. The first-order valence-corrected chi connectivity index (χ1v) is 5.60. The molecule has 1 aromatic carbocycles. The summed E-state index contributed by atoms with van der Waals surface area (Å²) in [6, 6.07) is 11.9. The van der Waals surface area contributed by atoms with Gasteiger partial charge in [-0.1, -0.05) is 30.3 Å². The van der Waals surface area contributed by atoms with Crippen molar-refractivity contribution in [2.45, 2.75) is 25.8 Å². The van der Waals surface area contributed by atoms with E-state index >= 15 is 0 Å². The highest BCUT2D eigenvalue weighted by atomic mass is 15.6. The summed E-state index contributed by atoms with van der Waals surface area (Å²) in [6.07, 6.45) is 2.36. The molecule has 2 aromatic rings. The smallest absolute Gasteiger partial charge is 0.198 e. The van der Waals surface area contributed by atoms with Crippen LogP contribution in [0.5, 0.6) is 0 Å². The fraction of sp³-hybridized carbons (Fsp3) is 0.333. The fourth-order valence-corrected chi connectivity index (χ4v) is 1.50. The van der Waals surface area contributed by atoms with Gasteiger partial charge in [0.25, 0.3) is 0 Å². The van der Waals surface area contributed by atoms with Crippen LogP contribution in [0, 0.1) is 11.3 Å². The van der Waals surface area contributed by atoms with Gasteiger partial charge in [0.15, 0.2) is 0 Å². The van der Waals surface area contributed by atoms with E-state index in [0.29, 0.717) is 18.8 Å². The molecule has 0 bridgehead atoms. The molecule has 0 saturated carbocycles. The highest BCUT2D eigenvalue weighted by Crippen LogP contribution is 2.11. The number of unbranched alkanes of at least 4 members (excludes halogenated alkanes) is 2. The maximum Gasteiger partial charge on any atom is 0.204 e. The van der Waals surface area contributed by atoms with E-state index in [2.05, 4.69) is 21.5 Å². The zero-order valence-electron chi connectivity index (χ0n) is 9.45. The van der Waals surface area contributed by atoms with E-state index in [1.807, 2.05) is 30.3 Å². The number of hydrogen-bond donors (Lipinski definition) is 0. The Bertz CT molecular complexity index is 497. The van der Waals surface area contributed by atoms with E-state index in [1.165, 1.54) is 0 Å². The molecule has 0 N–H and O–H groups in total. The van der Waals surface area contributed by atoms with Gasteiger partial charge in [-0.2, -0.15) is 10.1 Å². The molecule has 0 amide bonds. The molecule has 1 aromatic heterocycles. The Morgan fingerprint density at radius 1 is 1.18 bits per heavy atom. The highest BCUT2D eigenvalue weighted by Gasteiger charge is 2.04. The second kappa shape index (κ2) is 5.75. The van der Waals surface area contributed by atoms with E-state index in [-0.39, 0.29) is 0 Å². The SMILES string of the molecule is N#CCCCCn1nnc(-c2ccccc2)n1. The van der Waals surface area contributed by atoms with Crippen molar-refractivity contribution in [3.63, 3.8) is 0 Å². The molecule has 0 unspecified atom stereocenters. The van der Waals surface area contributed by atoms with Gasteiger partial charge in [0.1, 0.15) is 0 Å². The van der Waals surface area contributed by atoms with E-state index in [4.69, 9.17) is 5.26 Å². The van der Waals surface area contributed by atoms with E-state index in [1.54, 1.807) is 4.80 Å². The third kappa shape index (κ3) is 3.11. The van der Waals surface area contributed by atoms with Gasteiger partial charge in [0.05, 0.1) is 12.6 Å². The van der Waals surface area contributed by atoms with Crippen molar-refractivity contribution >= 4 is 0 Å². The van der Waals surface area contributed by atoms with Crippen molar-refractivity contribution in [3.8, 4) is 17.5 Å². The monoisotopic (exact) mass is 227 g/mol. The van der Waals surface area contributed by atoms with Crippen LogP contribution in [0.25, 0.3) is 11.4 Å². The van der Waals surface area contributed by atoms with Crippen LogP contribution >= 0.6 is 0 Å². The highest BCUT2D eigenvalue weighted by molar-refractivity contribution is 5.52. The average molecular weight is 227 g/mol. The molecule has 2 rings (SSSR count). The van der Waals surface area contributed by atoms with Gasteiger partial charge < -0.3 is 0 Å². The second-order valence-electron chi connectivity index (χ2n) is 3.69. The Balaban J connectivity index is 1.95. The quantitative estimate of drug-likeness (QED) is 0.733. The lowest BCUT2D eigenvalue weighted by molar-refractivity contribution is 0.490. The van der Waals surface area contributed by atoms with Gasteiger partial charge >= 0.3 is 0 Å². The summed E-state index contributed by atoms with van der Waals surface area (Å²) in [5.41, 5.74) is 0.968. The first-order chi connectivity index (χ1) is 8.40. The van der Waals surface area contributed by atoms with Crippen molar-refractivity contribution in [3.05, 3.63) is 30.3 Å². The topological polar surface area (TPSA) is 67.4 Å². The van der Waals surface area contributed by atoms with Crippen LogP contribution in [0.4, 0.5) is 0 Å². The second-order valence-corrected chi connectivity index (χ2v) is 3.69. The van der Waals surface area contributed by atoms with E-state index in [0.717, 1.165) is 18.4 Å². The van der Waals surface area contributed by atoms with Gasteiger partial charge in [0, 0.05) is 12.0 Å². The first kappa shape index (κ1) is 11.3. The number of rotatable bonds is 5. The van der Waals surface area contributed by atoms with Gasteiger partial charge in [-0.05, 0) is 18.1 Å². The van der Waals surface area contributed by atoms with Crippen molar-refractivity contribution < 1.29 is 0 Å². The predicted molar refractivity (Wildman–Crippen MR) is 62.7 cm³/mol. The summed E-state index contributed by atoms with van der Waals surface area (Å²) in [6.45, 7) is 0.710. The number of aromatic nitrogens is 4. The number of nitrogens with zero attached hydrogens (tertiary/aromatic N) is 5. The minimum Gasteiger partial charge on any atom is -0.198 e. The number of hydrogen-bond acceptors (Lipinski definition) is 4. The van der Waals surface area contributed by atoms with Crippen molar-refractivity contribution in [1.29, 1.82) is 5.26 Å². The minimum atomic E-state index is 0.584. The van der Waals surface area contributed by atoms with Crippen LogP contribution in [0.15, 0.2) is 30.3 Å². The molecule has 0 aliphatic carbocycles. The maximum atomic E-state index is 8.42. The molecule has 0 aliphatic heterocycles. The summed E-state index contributed by atoms with van der Waals surface area (Å²) in [4.78, 5) is 1.58. The summed E-state index contributed by atoms with van der Waals surface area (Å²) in [7, 11) is 0. The van der Waals surface area contributed by atoms with Crippen LogP contribution in [0.1, 0.15) is 19.3 Å². The van der Waals surface area contributed by atoms with Gasteiger partial charge in [-0.3, -0.25) is 0 Å². The number of aryl methyl sites for hydroxylation is 1. The molecule has 0 atom stereocenters. The third-order valence-corrected chi connectivity index (χ3v) is 2.38. The molecule has 0 fully saturated rings. The van der Waals surface area contributed by atoms with Crippen molar-refractivity contribution in [1.82, 2.24) is 20.2 Å². The standard InChI is InChI=1S/C12H13N5/c13-9-5-2-6-10-17-15-12(14-16-17)11-7-3-1-4-8-11/h1,3-4,7-8H,2,5-6,10H2. The Morgan fingerprint density at radius 3 is 2.76 bits per heavy atom. The number of benzene rings is 1. The average Bonchev–Trinajstić information content (AvgIpc) is 2.85. The number of tetrazole rings is 1. The molecular formula is C12H13N5. The van der Waals surface area contributed by atoms with Crippen molar-refractivity contribution in [2.75, 3.05) is 0 Å². The summed E-state index contributed by atoms with van der Waals surface area (Å²) in [5, 5.41) is 20.7. The van der Waals surface area contributed by atoms with E-state index < -0.39 is 0 Å². The lowest BCUT2D eigenvalue weighted by Crippen LogP contribution is -2.02. The Morgan fingerprint density at radius 2 is 2.00 bits per heavy atom. The van der Waals surface area contributed by atoms with Crippen LogP contribution in [-0.2, 0) is 6.54 Å². The molecule has 0 spiro atoms. The molecule has 0 radical (unpaired) electrons. The van der Waals surface area contributed by atoms with Gasteiger partial charge in [-0.25, -0.2) is 0 Å². The molecule has 17 heavy (non-hydrogen) atoms. The predicted octanol–water partition coefficient (Wildman–Crippen LogP) is 2.03. The zero-order chi connectivity index (χ0) is 11.9. The number of nitriles is 1. The molecule has 0 aliphatic rings. The lowest BCUT2D eigenvalue weighted by atomic mass is 10.2. The summed E-state index contributed by atoms with van der Waals surface area (Å²) < 4.78 is 0. The van der Waals surface area contributed by atoms with Crippen LogP contribution < -0.4 is 0 Å². The molecule has 1 heterocycles. The minimum absolute atomic E-state index is 0.584. The molecule has 5 heteroatoms. The van der Waals surface area contributed by atoms with Gasteiger partial charge in [0.2, 0.25) is 5.82 Å². The third-order valence-electron chi connectivity index (χ3n) is 2.38. The maximum absolute atomic E-state index is 8.42. The molecule has 0 saturated heterocycles. The normalized spacial score (nSPS) is 10.1. The summed E-state index contributed by atoms with van der Waals surface area (Å²) >= 11 is 0. The molecular weight excluding hydrogens is 214 g/mol. The Kier molecular flexibility index (Phi) is 3.81. The Hall–Kier alpha value is -2.22. The van der Waals surface area contributed by atoms with Crippen molar-refractivity contribution in [2.24, 2.45) is 0 Å². The fourth-order valence-electron chi connectivity index (χ4n) is 1.50.